The molecule has 0 radical (unpaired) electrons. The Morgan fingerprint density at radius 2 is 1.77 bits per heavy atom. The van der Waals surface area contributed by atoms with Crippen LogP contribution in [-0.4, -0.2) is 16.0 Å². The molecular weight excluding hydrogens is 168 g/mol. The molecule has 0 spiro atoms. The third kappa shape index (κ3) is 2.78. The number of hydrogen-bond acceptors (Lipinski definition) is 3. The molecule has 1 rings (SSSR count). The summed E-state index contributed by atoms with van der Waals surface area (Å²) in [6.07, 6.45) is 0.731. The van der Waals surface area contributed by atoms with Crippen molar-refractivity contribution < 1.29 is 15.0 Å². The molecule has 0 aliphatic carbocycles. The Bertz CT molecular complexity index is 298. The van der Waals surface area contributed by atoms with Gasteiger partial charge in [0.15, 0.2) is 0 Å². The Labute approximate surface area is 76.6 Å². The summed E-state index contributed by atoms with van der Waals surface area (Å²) in [5.74, 6) is 0.0582. The first kappa shape index (κ1) is 9.58. The Hall–Kier alpha value is -1.51. The molecule has 0 aliphatic heterocycles. The molecule has 0 fully saturated rings. The molecule has 1 aromatic rings. The van der Waals surface area contributed by atoms with Gasteiger partial charge in [-0.05, 0) is 17.7 Å². The molecule has 3 heteroatoms. The second-order valence-electron chi connectivity index (χ2n) is 2.93. The van der Waals surface area contributed by atoms with E-state index in [-0.39, 0.29) is 23.7 Å². The normalized spacial score (nSPS) is 9.92. The first-order chi connectivity index (χ1) is 6.11. The van der Waals surface area contributed by atoms with Crippen molar-refractivity contribution in [1.29, 1.82) is 0 Å². The highest BCUT2D eigenvalue weighted by Gasteiger charge is 2.03. The van der Waals surface area contributed by atoms with Crippen molar-refractivity contribution in [3.8, 4) is 11.5 Å². The predicted octanol–water partition coefficient (Wildman–Crippen LogP) is 1.62. The van der Waals surface area contributed by atoms with Gasteiger partial charge in [-0.15, -0.1) is 0 Å². The zero-order valence-electron chi connectivity index (χ0n) is 7.45. The highest BCUT2D eigenvalue weighted by atomic mass is 16.3. The fraction of sp³-hybridized carbons (Fsp3) is 0.300. The van der Waals surface area contributed by atoms with Gasteiger partial charge in [0.05, 0.1) is 0 Å². The monoisotopic (exact) mass is 180 g/mol. The lowest BCUT2D eigenvalue weighted by Gasteiger charge is -2.01. The van der Waals surface area contributed by atoms with Gasteiger partial charge >= 0.3 is 0 Å². The lowest BCUT2D eigenvalue weighted by molar-refractivity contribution is -0.118. The van der Waals surface area contributed by atoms with Crippen LogP contribution in [0.2, 0.25) is 0 Å². The minimum absolute atomic E-state index is 0.0149. The average Bonchev–Trinajstić information content (AvgIpc) is 2.02. The first-order valence-corrected chi connectivity index (χ1v) is 4.15. The molecule has 0 saturated carbocycles. The third-order valence-corrected chi connectivity index (χ3v) is 1.76. The number of carbonyl (C=O) groups is 1. The SMILES string of the molecule is CCC(=O)Cc1cc(O)cc(O)c1. The number of carbonyl (C=O) groups excluding carboxylic acids is 1. The van der Waals surface area contributed by atoms with Gasteiger partial charge < -0.3 is 10.2 Å². The topological polar surface area (TPSA) is 57.5 Å². The summed E-state index contributed by atoms with van der Waals surface area (Å²) in [6, 6.07) is 4.19. The number of Topliss-reactive ketones (excluding diaryl/α,β-unsaturated/α-hetero) is 1. The summed E-state index contributed by atoms with van der Waals surface area (Å²) in [5.41, 5.74) is 0.643. The van der Waals surface area contributed by atoms with Crippen molar-refractivity contribution in [2.24, 2.45) is 0 Å². The number of benzene rings is 1. The van der Waals surface area contributed by atoms with E-state index in [1.54, 1.807) is 6.92 Å². The van der Waals surface area contributed by atoms with Crippen LogP contribution in [-0.2, 0) is 11.2 Å². The number of hydrogen-bond donors (Lipinski definition) is 2. The smallest absolute Gasteiger partial charge is 0.136 e. The average molecular weight is 180 g/mol. The van der Waals surface area contributed by atoms with Crippen molar-refractivity contribution in [3.05, 3.63) is 23.8 Å². The molecule has 0 aliphatic rings. The maximum atomic E-state index is 11.0. The summed E-state index contributed by atoms with van der Waals surface area (Å²) in [5, 5.41) is 18.2. The zero-order chi connectivity index (χ0) is 9.84. The maximum Gasteiger partial charge on any atom is 0.136 e. The van der Waals surface area contributed by atoms with Crippen molar-refractivity contribution in [2.45, 2.75) is 19.8 Å². The van der Waals surface area contributed by atoms with Crippen LogP contribution in [0.5, 0.6) is 11.5 Å². The Morgan fingerprint density at radius 3 is 2.23 bits per heavy atom. The Morgan fingerprint density at radius 1 is 1.23 bits per heavy atom. The first-order valence-electron chi connectivity index (χ1n) is 4.15. The van der Waals surface area contributed by atoms with Crippen molar-refractivity contribution in [1.82, 2.24) is 0 Å². The van der Waals surface area contributed by atoms with Crippen molar-refractivity contribution in [2.75, 3.05) is 0 Å². The van der Waals surface area contributed by atoms with Crippen LogP contribution < -0.4 is 0 Å². The molecule has 0 amide bonds. The van der Waals surface area contributed by atoms with E-state index in [1.807, 2.05) is 0 Å². The van der Waals surface area contributed by atoms with Gasteiger partial charge in [-0.2, -0.15) is 0 Å². The molecule has 0 bridgehead atoms. The molecule has 3 nitrogen and oxygen atoms in total. The highest BCUT2D eigenvalue weighted by molar-refractivity contribution is 5.80. The minimum Gasteiger partial charge on any atom is -0.508 e. The van der Waals surface area contributed by atoms with Crippen LogP contribution in [0.3, 0.4) is 0 Å². The summed E-state index contributed by atoms with van der Waals surface area (Å²) in [4.78, 5) is 11.0. The number of phenols is 2. The molecule has 13 heavy (non-hydrogen) atoms. The molecule has 70 valence electrons. The number of phenolic OH excluding ortho intramolecular Hbond substituents is 2. The zero-order valence-corrected chi connectivity index (χ0v) is 7.45. The maximum absolute atomic E-state index is 11.0. The van der Waals surface area contributed by atoms with E-state index in [0.717, 1.165) is 0 Å². The second kappa shape index (κ2) is 3.94. The summed E-state index contributed by atoms with van der Waals surface area (Å²) in [7, 11) is 0. The Balaban J connectivity index is 2.83. The van der Waals surface area contributed by atoms with Crippen LogP contribution in [0.25, 0.3) is 0 Å². The summed E-state index contributed by atoms with van der Waals surface area (Å²) in [6.45, 7) is 1.78. The quantitative estimate of drug-likeness (QED) is 0.743. The second-order valence-corrected chi connectivity index (χ2v) is 2.93. The van der Waals surface area contributed by atoms with Crippen molar-refractivity contribution >= 4 is 5.78 Å². The van der Waals surface area contributed by atoms with Crippen LogP contribution in [0.1, 0.15) is 18.9 Å². The molecule has 0 aromatic heterocycles. The van der Waals surface area contributed by atoms with E-state index in [0.29, 0.717) is 12.0 Å². The van der Waals surface area contributed by atoms with Crippen LogP contribution in [0.4, 0.5) is 0 Å². The highest BCUT2D eigenvalue weighted by Crippen LogP contribution is 2.20. The minimum atomic E-state index is -0.0149. The van der Waals surface area contributed by atoms with Gasteiger partial charge in [-0.3, -0.25) is 4.79 Å². The van der Waals surface area contributed by atoms with E-state index in [9.17, 15) is 4.79 Å². The van der Waals surface area contributed by atoms with Gasteiger partial charge in [0.25, 0.3) is 0 Å². The van der Waals surface area contributed by atoms with Crippen molar-refractivity contribution in [3.63, 3.8) is 0 Å². The van der Waals surface area contributed by atoms with E-state index in [2.05, 4.69) is 0 Å². The van der Waals surface area contributed by atoms with Crippen LogP contribution >= 0.6 is 0 Å². The fourth-order valence-corrected chi connectivity index (χ4v) is 1.11. The molecule has 2 N–H and O–H groups in total. The number of rotatable bonds is 3. The van der Waals surface area contributed by atoms with E-state index in [4.69, 9.17) is 10.2 Å². The largest absolute Gasteiger partial charge is 0.508 e. The number of ketones is 1. The van der Waals surface area contributed by atoms with E-state index in [1.165, 1.54) is 18.2 Å². The summed E-state index contributed by atoms with van der Waals surface area (Å²) >= 11 is 0. The molecule has 1 aromatic carbocycles. The van der Waals surface area contributed by atoms with Crippen LogP contribution in [0.15, 0.2) is 18.2 Å². The lowest BCUT2D eigenvalue weighted by Crippen LogP contribution is -1.99. The van der Waals surface area contributed by atoms with Gasteiger partial charge in [-0.1, -0.05) is 6.92 Å². The molecule has 0 atom stereocenters. The third-order valence-electron chi connectivity index (χ3n) is 1.76. The van der Waals surface area contributed by atoms with Gasteiger partial charge in [0.2, 0.25) is 0 Å². The van der Waals surface area contributed by atoms with Crippen LogP contribution in [0, 0.1) is 0 Å². The standard InChI is InChI=1S/C10H12O3/c1-2-8(11)3-7-4-9(12)6-10(13)5-7/h4-6,12-13H,2-3H2,1H3. The summed E-state index contributed by atoms with van der Waals surface area (Å²) < 4.78 is 0. The fourth-order valence-electron chi connectivity index (χ4n) is 1.11. The van der Waals surface area contributed by atoms with Gasteiger partial charge in [0, 0.05) is 18.9 Å². The van der Waals surface area contributed by atoms with Gasteiger partial charge in [0.1, 0.15) is 17.3 Å². The molecule has 0 saturated heterocycles. The predicted molar refractivity (Wildman–Crippen MR) is 48.8 cm³/mol. The molecule has 0 heterocycles. The van der Waals surface area contributed by atoms with Gasteiger partial charge in [-0.25, -0.2) is 0 Å². The molecular formula is C10H12O3. The van der Waals surface area contributed by atoms with E-state index < -0.39 is 0 Å². The molecule has 0 unspecified atom stereocenters. The number of aromatic hydroxyl groups is 2. The van der Waals surface area contributed by atoms with E-state index >= 15 is 0 Å². The lowest BCUT2D eigenvalue weighted by atomic mass is 10.1. The Kier molecular flexibility index (Phi) is 2.90.